The monoisotopic (exact) mass is 386 g/mol. The Labute approximate surface area is 169 Å². The quantitative estimate of drug-likeness (QED) is 0.552. The van der Waals surface area contributed by atoms with Gasteiger partial charge in [0.05, 0.1) is 23.1 Å². The van der Waals surface area contributed by atoms with E-state index in [-0.39, 0.29) is 5.91 Å². The molecule has 0 saturated heterocycles. The van der Waals surface area contributed by atoms with Crippen LogP contribution in [-0.2, 0) is 13.0 Å². The van der Waals surface area contributed by atoms with E-state index in [9.17, 15) is 4.79 Å². The molecule has 4 rings (SSSR count). The van der Waals surface area contributed by atoms with Crippen molar-refractivity contribution in [3.63, 3.8) is 0 Å². The average Bonchev–Trinajstić information content (AvgIpc) is 3.43. The maximum Gasteiger partial charge on any atom is 0.255 e. The van der Waals surface area contributed by atoms with E-state index in [0.29, 0.717) is 18.5 Å². The van der Waals surface area contributed by atoms with Gasteiger partial charge in [0.1, 0.15) is 0 Å². The Balaban J connectivity index is 1.46. The van der Waals surface area contributed by atoms with Crippen LogP contribution in [0.1, 0.15) is 34.1 Å². The van der Waals surface area contributed by atoms with Crippen LogP contribution < -0.4 is 5.32 Å². The molecule has 0 aliphatic carbocycles. The topological polar surface area (TPSA) is 77.6 Å². The van der Waals surface area contributed by atoms with Crippen molar-refractivity contribution in [2.24, 2.45) is 0 Å². The van der Waals surface area contributed by atoms with Crippen molar-refractivity contribution in [1.29, 1.82) is 0 Å². The van der Waals surface area contributed by atoms with Gasteiger partial charge >= 0.3 is 0 Å². The summed E-state index contributed by atoms with van der Waals surface area (Å²) >= 11 is 0. The molecule has 0 aliphatic rings. The number of nitrogens with one attached hydrogen (secondary N) is 1. The molecule has 0 saturated carbocycles. The first-order valence-electron chi connectivity index (χ1n) is 9.53. The lowest BCUT2D eigenvalue weighted by atomic mass is 10.1. The molecule has 1 aromatic carbocycles. The number of benzene rings is 1. The van der Waals surface area contributed by atoms with Crippen LogP contribution in [-0.4, -0.2) is 30.5 Å². The van der Waals surface area contributed by atoms with Gasteiger partial charge in [-0.25, -0.2) is 14.3 Å². The first kappa shape index (κ1) is 18.6. The molecule has 0 spiro atoms. The van der Waals surface area contributed by atoms with Gasteiger partial charge in [-0.2, -0.15) is 10.2 Å². The van der Waals surface area contributed by atoms with Crippen LogP contribution in [0.2, 0.25) is 0 Å². The summed E-state index contributed by atoms with van der Waals surface area (Å²) < 4.78 is 3.52. The zero-order chi connectivity index (χ0) is 20.2. The highest BCUT2D eigenvalue weighted by Crippen LogP contribution is 2.17. The SMILES string of the molecule is CCc1c(C(=O)NCc2ccc(-n3cccn3)nc2)cnn1-c1ccc(C)cc1. The second kappa shape index (κ2) is 8.10. The molecular weight excluding hydrogens is 364 g/mol. The molecule has 0 bridgehead atoms. The zero-order valence-electron chi connectivity index (χ0n) is 16.4. The van der Waals surface area contributed by atoms with Crippen molar-refractivity contribution in [3.05, 3.63) is 89.6 Å². The van der Waals surface area contributed by atoms with Crippen LogP contribution in [0.25, 0.3) is 11.5 Å². The standard InChI is InChI=1S/C22H22N6O/c1-3-20-19(15-26-28(20)18-8-5-16(2)6-9-18)22(29)24-14-17-7-10-21(23-13-17)27-12-4-11-25-27/h4-13,15H,3,14H2,1-2H3,(H,24,29). The van der Waals surface area contributed by atoms with E-state index >= 15 is 0 Å². The molecular formula is C22H22N6O. The van der Waals surface area contributed by atoms with Gasteiger partial charge in [-0.05, 0) is 43.2 Å². The number of pyridine rings is 1. The predicted molar refractivity (Wildman–Crippen MR) is 110 cm³/mol. The molecule has 146 valence electrons. The van der Waals surface area contributed by atoms with Crippen molar-refractivity contribution in [3.8, 4) is 11.5 Å². The molecule has 3 aromatic heterocycles. The van der Waals surface area contributed by atoms with Crippen molar-refractivity contribution in [1.82, 2.24) is 29.9 Å². The first-order chi connectivity index (χ1) is 14.2. The number of rotatable bonds is 6. The molecule has 0 unspecified atom stereocenters. The number of aromatic nitrogens is 5. The lowest BCUT2D eigenvalue weighted by molar-refractivity contribution is 0.0950. The fraction of sp³-hybridized carbons (Fsp3) is 0.182. The van der Waals surface area contributed by atoms with Gasteiger partial charge in [-0.1, -0.05) is 30.7 Å². The van der Waals surface area contributed by atoms with Crippen molar-refractivity contribution < 1.29 is 4.79 Å². The number of hydrogen-bond acceptors (Lipinski definition) is 4. The van der Waals surface area contributed by atoms with E-state index in [1.165, 1.54) is 5.56 Å². The molecule has 7 heteroatoms. The largest absolute Gasteiger partial charge is 0.348 e. The van der Waals surface area contributed by atoms with Gasteiger partial charge in [0, 0.05) is 25.1 Å². The number of hydrogen-bond donors (Lipinski definition) is 1. The zero-order valence-corrected chi connectivity index (χ0v) is 16.4. The highest BCUT2D eigenvalue weighted by atomic mass is 16.1. The van der Waals surface area contributed by atoms with Gasteiger partial charge in [-0.15, -0.1) is 0 Å². The predicted octanol–water partition coefficient (Wildman–Crippen LogP) is 3.25. The van der Waals surface area contributed by atoms with E-state index in [4.69, 9.17) is 0 Å². The molecule has 1 amide bonds. The van der Waals surface area contributed by atoms with Crippen LogP contribution in [0.5, 0.6) is 0 Å². The molecule has 7 nitrogen and oxygen atoms in total. The molecule has 3 heterocycles. The minimum atomic E-state index is -0.142. The van der Waals surface area contributed by atoms with Gasteiger partial charge in [0.15, 0.2) is 5.82 Å². The first-order valence-corrected chi connectivity index (χ1v) is 9.53. The Hall–Kier alpha value is -3.74. The van der Waals surface area contributed by atoms with E-state index < -0.39 is 0 Å². The van der Waals surface area contributed by atoms with E-state index in [0.717, 1.165) is 22.8 Å². The number of carbonyl (C=O) groups is 1. The Kier molecular flexibility index (Phi) is 5.20. The Morgan fingerprint density at radius 1 is 1.07 bits per heavy atom. The summed E-state index contributed by atoms with van der Waals surface area (Å²) in [5, 5.41) is 11.6. The van der Waals surface area contributed by atoms with Crippen molar-refractivity contribution >= 4 is 5.91 Å². The van der Waals surface area contributed by atoms with E-state index in [2.05, 4.69) is 20.5 Å². The lowest BCUT2D eigenvalue weighted by Gasteiger charge is -2.09. The second-order valence-corrected chi connectivity index (χ2v) is 6.76. The van der Waals surface area contributed by atoms with Crippen LogP contribution >= 0.6 is 0 Å². The van der Waals surface area contributed by atoms with Crippen molar-refractivity contribution in [2.45, 2.75) is 26.8 Å². The summed E-state index contributed by atoms with van der Waals surface area (Å²) in [5.74, 6) is 0.592. The van der Waals surface area contributed by atoms with Crippen molar-refractivity contribution in [2.75, 3.05) is 0 Å². The number of carbonyl (C=O) groups excluding carboxylic acids is 1. The van der Waals surface area contributed by atoms with Crippen LogP contribution in [0.4, 0.5) is 0 Å². The highest BCUT2D eigenvalue weighted by molar-refractivity contribution is 5.95. The summed E-state index contributed by atoms with van der Waals surface area (Å²) in [6.07, 6.45) is 7.62. The fourth-order valence-electron chi connectivity index (χ4n) is 3.15. The molecule has 0 radical (unpaired) electrons. The van der Waals surface area contributed by atoms with Crippen LogP contribution in [0, 0.1) is 6.92 Å². The molecule has 0 atom stereocenters. The molecule has 0 aliphatic heterocycles. The van der Waals surface area contributed by atoms with Gasteiger partial charge in [0.25, 0.3) is 5.91 Å². The normalized spacial score (nSPS) is 10.8. The smallest absolute Gasteiger partial charge is 0.255 e. The molecule has 0 fully saturated rings. The van der Waals surface area contributed by atoms with Gasteiger partial charge < -0.3 is 5.32 Å². The van der Waals surface area contributed by atoms with Gasteiger partial charge in [0.2, 0.25) is 0 Å². The lowest BCUT2D eigenvalue weighted by Crippen LogP contribution is -2.24. The highest BCUT2D eigenvalue weighted by Gasteiger charge is 2.17. The third-order valence-electron chi connectivity index (χ3n) is 4.73. The summed E-state index contributed by atoms with van der Waals surface area (Å²) in [6, 6.07) is 13.7. The Bertz CT molecular complexity index is 1100. The third-order valence-corrected chi connectivity index (χ3v) is 4.73. The molecule has 29 heavy (non-hydrogen) atoms. The summed E-state index contributed by atoms with van der Waals surface area (Å²) in [5.41, 5.74) is 4.53. The van der Waals surface area contributed by atoms with E-state index in [1.807, 2.05) is 67.2 Å². The number of aryl methyl sites for hydroxylation is 1. The number of amides is 1. The van der Waals surface area contributed by atoms with E-state index in [1.54, 1.807) is 23.3 Å². The maximum atomic E-state index is 12.8. The minimum Gasteiger partial charge on any atom is -0.348 e. The summed E-state index contributed by atoms with van der Waals surface area (Å²) in [7, 11) is 0. The summed E-state index contributed by atoms with van der Waals surface area (Å²) in [4.78, 5) is 17.1. The summed E-state index contributed by atoms with van der Waals surface area (Å²) in [6.45, 7) is 4.46. The Morgan fingerprint density at radius 3 is 2.55 bits per heavy atom. The fourth-order valence-corrected chi connectivity index (χ4v) is 3.15. The van der Waals surface area contributed by atoms with Crippen LogP contribution in [0.15, 0.2) is 67.3 Å². The molecule has 4 aromatic rings. The molecule has 1 N–H and O–H groups in total. The number of nitrogens with zero attached hydrogens (tertiary/aromatic N) is 5. The second-order valence-electron chi connectivity index (χ2n) is 6.76. The van der Waals surface area contributed by atoms with Crippen LogP contribution in [0.3, 0.4) is 0 Å². The third kappa shape index (κ3) is 3.94. The Morgan fingerprint density at radius 2 is 1.90 bits per heavy atom. The van der Waals surface area contributed by atoms with Gasteiger partial charge in [-0.3, -0.25) is 4.79 Å². The average molecular weight is 386 g/mol. The maximum absolute atomic E-state index is 12.8. The minimum absolute atomic E-state index is 0.142.